The van der Waals surface area contributed by atoms with E-state index in [-0.39, 0.29) is 0 Å². The maximum atomic E-state index is 11.4. The van der Waals surface area contributed by atoms with Gasteiger partial charge in [-0.1, -0.05) is 6.92 Å². The van der Waals surface area contributed by atoms with Crippen LogP contribution in [0.1, 0.15) is 26.7 Å². The Bertz CT molecular complexity index is 296. The lowest BCUT2D eigenvalue weighted by Gasteiger charge is -2.32. The molecule has 0 aliphatic heterocycles. The summed E-state index contributed by atoms with van der Waals surface area (Å²) in [6, 6.07) is 0. The fourth-order valence-electron chi connectivity index (χ4n) is 1.36. The van der Waals surface area contributed by atoms with Gasteiger partial charge in [0.05, 0.1) is 0 Å². The van der Waals surface area contributed by atoms with Crippen molar-refractivity contribution >= 4 is 12.1 Å². The van der Waals surface area contributed by atoms with Gasteiger partial charge >= 0.3 is 12.1 Å². The standard InChI is InChI=1S/C10H17NO4/c1-9(5-6-9)10(2,7(12)13)15-8(14)11(3)4/h5-6H2,1-4H3,(H,12,13). The number of carbonyl (C=O) groups is 2. The average Bonchev–Trinajstić information content (AvgIpc) is 2.84. The van der Waals surface area contributed by atoms with Crippen molar-refractivity contribution in [2.24, 2.45) is 5.41 Å². The molecule has 1 atom stereocenters. The molecule has 0 aromatic carbocycles. The topological polar surface area (TPSA) is 66.8 Å². The minimum atomic E-state index is -1.42. The number of carbonyl (C=O) groups excluding carboxylic acids is 1. The number of amides is 1. The van der Waals surface area contributed by atoms with Crippen LogP contribution in [-0.4, -0.2) is 41.8 Å². The highest BCUT2D eigenvalue weighted by Crippen LogP contribution is 2.55. The Morgan fingerprint density at radius 2 is 1.87 bits per heavy atom. The Hall–Kier alpha value is -1.26. The van der Waals surface area contributed by atoms with Gasteiger partial charge in [0.25, 0.3) is 0 Å². The number of aliphatic carboxylic acids is 1. The van der Waals surface area contributed by atoms with Crippen molar-refractivity contribution in [2.45, 2.75) is 32.3 Å². The van der Waals surface area contributed by atoms with Crippen LogP contribution in [0.4, 0.5) is 4.79 Å². The first-order valence-electron chi connectivity index (χ1n) is 4.87. The molecule has 0 aromatic rings. The monoisotopic (exact) mass is 215 g/mol. The molecule has 0 aromatic heterocycles. The third kappa shape index (κ3) is 1.91. The molecule has 1 amide bonds. The van der Waals surface area contributed by atoms with E-state index in [0.717, 1.165) is 12.8 Å². The highest BCUT2D eigenvalue weighted by atomic mass is 16.6. The van der Waals surface area contributed by atoms with Gasteiger partial charge in [-0.25, -0.2) is 9.59 Å². The summed E-state index contributed by atoms with van der Waals surface area (Å²) in [6.07, 6.45) is 0.931. The molecule has 5 nitrogen and oxygen atoms in total. The lowest BCUT2D eigenvalue weighted by molar-refractivity contribution is -0.164. The number of carboxylic acid groups (broad SMARTS) is 1. The lowest BCUT2D eigenvalue weighted by Crippen LogP contribution is -2.49. The van der Waals surface area contributed by atoms with Crippen LogP contribution in [0.15, 0.2) is 0 Å². The summed E-state index contributed by atoms with van der Waals surface area (Å²) >= 11 is 0. The molecule has 86 valence electrons. The van der Waals surface area contributed by atoms with Crippen LogP contribution >= 0.6 is 0 Å². The summed E-state index contributed by atoms with van der Waals surface area (Å²) in [4.78, 5) is 23.8. The molecule has 1 rings (SSSR count). The van der Waals surface area contributed by atoms with Crippen molar-refractivity contribution in [1.29, 1.82) is 0 Å². The van der Waals surface area contributed by atoms with Gasteiger partial charge in [0, 0.05) is 19.5 Å². The first-order chi connectivity index (χ1) is 6.73. The normalized spacial score (nSPS) is 21.3. The van der Waals surface area contributed by atoms with E-state index in [4.69, 9.17) is 9.84 Å². The highest BCUT2D eigenvalue weighted by molar-refractivity contribution is 5.82. The first kappa shape index (κ1) is 11.8. The van der Waals surface area contributed by atoms with Crippen LogP contribution in [0, 0.1) is 5.41 Å². The van der Waals surface area contributed by atoms with Gasteiger partial charge in [-0.15, -0.1) is 0 Å². The Labute approximate surface area is 89.0 Å². The maximum absolute atomic E-state index is 11.4. The molecule has 1 N–H and O–H groups in total. The van der Waals surface area contributed by atoms with Crippen molar-refractivity contribution < 1.29 is 19.4 Å². The molecule has 5 heteroatoms. The van der Waals surface area contributed by atoms with Crippen LogP contribution in [0.5, 0.6) is 0 Å². The lowest BCUT2D eigenvalue weighted by atomic mass is 9.87. The largest absolute Gasteiger partial charge is 0.478 e. The fraction of sp³-hybridized carbons (Fsp3) is 0.800. The number of rotatable bonds is 3. The number of ether oxygens (including phenoxy) is 1. The predicted molar refractivity (Wildman–Crippen MR) is 53.5 cm³/mol. The quantitative estimate of drug-likeness (QED) is 0.771. The van der Waals surface area contributed by atoms with E-state index in [1.54, 1.807) is 0 Å². The van der Waals surface area contributed by atoms with Crippen LogP contribution in [0.25, 0.3) is 0 Å². The van der Waals surface area contributed by atoms with Crippen molar-refractivity contribution in [2.75, 3.05) is 14.1 Å². The van der Waals surface area contributed by atoms with E-state index >= 15 is 0 Å². The van der Waals surface area contributed by atoms with Crippen molar-refractivity contribution in [1.82, 2.24) is 4.90 Å². The number of nitrogens with zero attached hydrogens (tertiary/aromatic N) is 1. The van der Waals surface area contributed by atoms with Crippen LogP contribution < -0.4 is 0 Å². The predicted octanol–water partition coefficient (Wildman–Crippen LogP) is 1.33. The van der Waals surface area contributed by atoms with E-state index in [1.165, 1.54) is 25.9 Å². The Kier molecular flexibility index (Phi) is 2.67. The van der Waals surface area contributed by atoms with Gasteiger partial charge in [-0.2, -0.15) is 0 Å². The van der Waals surface area contributed by atoms with Crippen molar-refractivity contribution in [3.8, 4) is 0 Å². The average molecular weight is 215 g/mol. The summed E-state index contributed by atoms with van der Waals surface area (Å²) in [6.45, 7) is 3.29. The van der Waals surface area contributed by atoms with E-state index in [2.05, 4.69) is 0 Å². The van der Waals surface area contributed by atoms with E-state index in [0.29, 0.717) is 0 Å². The van der Waals surface area contributed by atoms with Crippen LogP contribution in [0.3, 0.4) is 0 Å². The van der Waals surface area contributed by atoms with Gasteiger partial charge in [0.2, 0.25) is 5.60 Å². The maximum Gasteiger partial charge on any atom is 0.410 e. The number of hydrogen-bond donors (Lipinski definition) is 1. The molecule has 0 saturated heterocycles. The third-order valence-corrected chi connectivity index (χ3v) is 3.22. The molecule has 1 saturated carbocycles. The van der Waals surface area contributed by atoms with Gasteiger partial charge < -0.3 is 14.7 Å². The molecule has 0 radical (unpaired) electrons. The van der Waals surface area contributed by atoms with E-state index < -0.39 is 23.1 Å². The van der Waals surface area contributed by atoms with Crippen molar-refractivity contribution in [3.05, 3.63) is 0 Å². The minimum absolute atomic E-state index is 0.426. The van der Waals surface area contributed by atoms with Crippen LogP contribution in [-0.2, 0) is 9.53 Å². The van der Waals surface area contributed by atoms with Gasteiger partial charge in [-0.05, 0) is 19.8 Å². The second-order valence-electron chi connectivity index (χ2n) is 4.66. The summed E-state index contributed by atoms with van der Waals surface area (Å²) in [5, 5.41) is 9.14. The van der Waals surface area contributed by atoms with E-state index in [1.807, 2.05) is 6.92 Å². The minimum Gasteiger partial charge on any atom is -0.478 e. The molecule has 1 aliphatic carbocycles. The second-order valence-corrected chi connectivity index (χ2v) is 4.66. The smallest absolute Gasteiger partial charge is 0.410 e. The molecule has 1 unspecified atom stereocenters. The summed E-state index contributed by atoms with van der Waals surface area (Å²) < 4.78 is 5.08. The third-order valence-electron chi connectivity index (χ3n) is 3.22. The summed E-state index contributed by atoms with van der Waals surface area (Å²) in [7, 11) is 3.06. The molecule has 0 spiro atoms. The Balaban J connectivity index is 2.84. The molecular weight excluding hydrogens is 198 g/mol. The molecule has 1 fully saturated rings. The van der Waals surface area contributed by atoms with E-state index in [9.17, 15) is 9.59 Å². The number of carboxylic acids is 1. The molecule has 0 heterocycles. The Morgan fingerprint density at radius 1 is 1.40 bits per heavy atom. The van der Waals surface area contributed by atoms with Gasteiger partial charge in [-0.3, -0.25) is 0 Å². The first-order valence-corrected chi connectivity index (χ1v) is 4.87. The summed E-state index contributed by atoms with van der Waals surface area (Å²) in [5.41, 5.74) is -1.85. The Morgan fingerprint density at radius 3 is 2.13 bits per heavy atom. The zero-order valence-electron chi connectivity index (χ0n) is 9.53. The zero-order valence-corrected chi connectivity index (χ0v) is 9.53. The number of hydrogen-bond acceptors (Lipinski definition) is 3. The van der Waals surface area contributed by atoms with Crippen molar-refractivity contribution in [3.63, 3.8) is 0 Å². The molecule has 1 aliphatic rings. The summed E-state index contributed by atoms with van der Waals surface area (Å²) in [5.74, 6) is -1.09. The SMILES string of the molecule is CN(C)C(=O)OC(C)(C(=O)O)C1(C)CC1. The fourth-order valence-corrected chi connectivity index (χ4v) is 1.36. The van der Waals surface area contributed by atoms with Gasteiger partial charge in [0.1, 0.15) is 0 Å². The highest BCUT2D eigenvalue weighted by Gasteiger charge is 2.61. The zero-order chi connectivity index (χ0) is 11.9. The molecule has 15 heavy (non-hydrogen) atoms. The van der Waals surface area contributed by atoms with Crippen LogP contribution in [0.2, 0.25) is 0 Å². The molecular formula is C10H17NO4. The molecule has 0 bridgehead atoms. The second kappa shape index (κ2) is 3.40. The van der Waals surface area contributed by atoms with Gasteiger partial charge in [0.15, 0.2) is 0 Å².